The van der Waals surface area contributed by atoms with Crippen molar-refractivity contribution in [3.05, 3.63) is 42.0 Å². The average molecular weight is 175 g/mol. The van der Waals surface area contributed by atoms with Gasteiger partial charge in [0.05, 0.1) is 0 Å². The first-order valence-electron chi connectivity index (χ1n) is 4.66. The van der Waals surface area contributed by atoms with E-state index >= 15 is 0 Å². The predicted octanol–water partition coefficient (Wildman–Crippen LogP) is 2.78. The lowest BCUT2D eigenvalue weighted by atomic mass is 10.1. The van der Waals surface area contributed by atoms with Crippen molar-refractivity contribution < 1.29 is 0 Å². The Hall–Kier alpha value is -1.08. The summed E-state index contributed by atoms with van der Waals surface area (Å²) in [5.41, 5.74) is 2.54. The van der Waals surface area contributed by atoms with Crippen LogP contribution >= 0.6 is 0 Å². The van der Waals surface area contributed by atoms with Crippen LogP contribution in [-0.4, -0.2) is 18.5 Å². The van der Waals surface area contributed by atoms with Gasteiger partial charge in [-0.05, 0) is 24.7 Å². The van der Waals surface area contributed by atoms with Crippen LogP contribution < -0.4 is 0 Å². The van der Waals surface area contributed by atoms with Crippen LogP contribution in [0.25, 0.3) is 6.08 Å². The Labute approximate surface area is 80.7 Å². The molecule has 70 valence electrons. The zero-order valence-electron chi connectivity index (χ0n) is 8.46. The van der Waals surface area contributed by atoms with Gasteiger partial charge >= 0.3 is 0 Å². The van der Waals surface area contributed by atoms with Gasteiger partial charge in [-0.1, -0.05) is 43.8 Å². The van der Waals surface area contributed by atoms with Crippen molar-refractivity contribution in [1.29, 1.82) is 0 Å². The van der Waals surface area contributed by atoms with E-state index in [1.54, 1.807) is 0 Å². The molecule has 0 amide bonds. The molecule has 1 aromatic carbocycles. The van der Waals surface area contributed by atoms with Gasteiger partial charge in [0.1, 0.15) is 0 Å². The molecule has 1 aromatic rings. The third-order valence-corrected chi connectivity index (χ3v) is 2.21. The highest BCUT2D eigenvalue weighted by Gasteiger charge is 1.96. The maximum absolute atomic E-state index is 3.73. The Kier molecular flexibility index (Phi) is 3.71. The van der Waals surface area contributed by atoms with Gasteiger partial charge in [0.2, 0.25) is 0 Å². The summed E-state index contributed by atoms with van der Waals surface area (Å²) < 4.78 is 0. The first-order valence-corrected chi connectivity index (χ1v) is 4.66. The van der Waals surface area contributed by atoms with Gasteiger partial charge in [-0.15, -0.1) is 0 Å². The van der Waals surface area contributed by atoms with Crippen molar-refractivity contribution in [3.63, 3.8) is 0 Å². The summed E-state index contributed by atoms with van der Waals surface area (Å²) in [5.74, 6) is 0. The molecule has 0 fully saturated rings. The molecule has 0 saturated carbocycles. The van der Waals surface area contributed by atoms with E-state index in [4.69, 9.17) is 0 Å². The van der Waals surface area contributed by atoms with Crippen LogP contribution in [0, 0.1) is 0 Å². The number of rotatable bonds is 4. The molecule has 0 unspecified atom stereocenters. The summed E-state index contributed by atoms with van der Waals surface area (Å²) in [6, 6.07) is 8.52. The van der Waals surface area contributed by atoms with E-state index < -0.39 is 0 Å². The molecule has 0 atom stereocenters. The van der Waals surface area contributed by atoms with E-state index in [2.05, 4.69) is 49.7 Å². The highest BCUT2D eigenvalue weighted by molar-refractivity contribution is 5.47. The summed E-state index contributed by atoms with van der Waals surface area (Å²) in [5, 5.41) is 0. The first-order chi connectivity index (χ1) is 6.26. The molecule has 0 aliphatic carbocycles. The van der Waals surface area contributed by atoms with Gasteiger partial charge in [0, 0.05) is 6.54 Å². The van der Waals surface area contributed by atoms with E-state index in [1.807, 2.05) is 6.08 Å². The van der Waals surface area contributed by atoms with Crippen LogP contribution in [0.4, 0.5) is 0 Å². The van der Waals surface area contributed by atoms with Crippen LogP contribution in [0.2, 0.25) is 0 Å². The maximum Gasteiger partial charge on any atom is 0.0230 e. The van der Waals surface area contributed by atoms with Gasteiger partial charge in [0.15, 0.2) is 0 Å². The van der Waals surface area contributed by atoms with Crippen LogP contribution in [0.3, 0.4) is 0 Å². The van der Waals surface area contributed by atoms with Crippen LogP contribution in [0.1, 0.15) is 18.1 Å². The third kappa shape index (κ3) is 3.03. The fourth-order valence-electron chi connectivity index (χ4n) is 1.18. The lowest BCUT2D eigenvalue weighted by Gasteiger charge is -2.13. The van der Waals surface area contributed by atoms with Crippen molar-refractivity contribution in [2.75, 3.05) is 13.6 Å². The van der Waals surface area contributed by atoms with E-state index in [-0.39, 0.29) is 0 Å². The summed E-state index contributed by atoms with van der Waals surface area (Å²) in [6.45, 7) is 8.00. The summed E-state index contributed by atoms with van der Waals surface area (Å²) in [4.78, 5) is 2.28. The van der Waals surface area contributed by atoms with Crippen molar-refractivity contribution >= 4 is 6.08 Å². The molecule has 0 radical (unpaired) electrons. The maximum atomic E-state index is 3.73. The molecule has 0 spiro atoms. The molecule has 0 aromatic heterocycles. The predicted molar refractivity (Wildman–Crippen MR) is 58.5 cm³/mol. The molecule has 0 N–H and O–H groups in total. The van der Waals surface area contributed by atoms with Crippen molar-refractivity contribution in [2.24, 2.45) is 0 Å². The lowest BCUT2D eigenvalue weighted by Crippen LogP contribution is -2.16. The van der Waals surface area contributed by atoms with Gasteiger partial charge < -0.3 is 4.90 Å². The molecule has 0 aliphatic rings. The second-order valence-corrected chi connectivity index (χ2v) is 3.28. The fourth-order valence-corrected chi connectivity index (χ4v) is 1.18. The molecular weight excluding hydrogens is 158 g/mol. The Morgan fingerprint density at radius 2 is 1.92 bits per heavy atom. The number of hydrogen-bond donors (Lipinski definition) is 0. The monoisotopic (exact) mass is 175 g/mol. The minimum atomic E-state index is 1.02. The number of benzene rings is 1. The molecule has 0 heterocycles. The van der Waals surface area contributed by atoms with Crippen LogP contribution in [-0.2, 0) is 6.54 Å². The van der Waals surface area contributed by atoms with E-state index in [9.17, 15) is 0 Å². The standard InChI is InChI=1S/C12H17N/c1-4-11-6-8-12(9-7-11)10-13(3)5-2/h4,6-9H,1,5,10H2,2-3H3. The Morgan fingerprint density at radius 1 is 1.31 bits per heavy atom. The van der Waals surface area contributed by atoms with Crippen molar-refractivity contribution in [1.82, 2.24) is 4.90 Å². The van der Waals surface area contributed by atoms with E-state index in [0.29, 0.717) is 0 Å². The molecule has 0 aliphatic heterocycles. The van der Waals surface area contributed by atoms with Crippen LogP contribution in [0.15, 0.2) is 30.8 Å². The largest absolute Gasteiger partial charge is 0.302 e. The second kappa shape index (κ2) is 4.83. The SMILES string of the molecule is C=Cc1ccc(CN(C)CC)cc1. The van der Waals surface area contributed by atoms with Crippen molar-refractivity contribution in [2.45, 2.75) is 13.5 Å². The zero-order chi connectivity index (χ0) is 9.68. The Bertz CT molecular complexity index is 261. The van der Waals surface area contributed by atoms with Gasteiger partial charge in [0.25, 0.3) is 0 Å². The van der Waals surface area contributed by atoms with E-state index in [0.717, 1.165) is 13.1 Å². The first kappa shape index (κ1) is 10.0. The highest BCUT2D eigenvalue weighted by atomic mass is 15.1. The van der Waals surface area contributed by atoms with E-state index in [1.165, 1.54) is 11.1 Å². The summed E-state index contributed by atoms with van der Waals surface area (Å²) >= 11 is 0. The highest BCUT2D eigenvalue weighted by Crippen LogP contribution is 2.07. The Balaban J connectivity index is 2.63. The molecule has 13 heavy (non-hydrogen) atoms. The fraction of sp³-hybridized carbons (Fsp3) is 0.333. The van der Waals surface area contributed by atoms with Gasteiger partial charge in [-0.2, -0.15) is 0 Å². The lowest BCUT2D eigenvalue weighted by molar-refractivity contribution is 0.346. The molecule has 0 saturated heterocycles. The van der Waals surface area contributed by atoms with Crippen LogP contribution in [0.5, 0.6) is 0 Å². The second-order valence-electron chi connectivity index (χ2n) is 3.28. The third-order valence-electron chi connectivity index (χ3n) is 2.21. The molecule has 1 nitrogen and oxygen atoms in total. The topological polar surface area (TPSA) is 3.24 Å². The molecule has 1 rings (SSSR count). The summed E-state index contributed by atoms with van der Waals surface area (Å²) in [7, 11) is 2.13. The minimum Gasteiger partial charge on any atom is -0.302 e. The van der Waals surface area contributed by atoms with Crippen molar-refractivity contribution in [3.8, 4) is 0 Å². The minimum absolute atomic E-state index is 1.02. The average Bonchev–Trinajstić information content (AvgIpc) is 2.19. The normalized spacial score (nSPS) is 10.4. The van der Waals surface area contributed by atoms with Gasteiger partial charge in [-0.25, -0.2) is 0 Å². The zero-order valence-corrected chi connectivity index (χ0v) is 8.46. The molecule has 1 heteroatoms. The quantitative estimate of drug-likeness (QED) is 0.680. The number of hydrogen-bond acceptors (Lipinski definition) is 1. The number of nitrogens with zero attached hydrogens (tertiary/aromatic N) is 1. The summed E-state index contributed by atoms with van der Waals surface area (Å²) in [6.07, 6.45) is 1.87. The molecule has 0 bridgehead atoms. The molecular formula is C12H17N. The Morgan fingerprint density at radius 3 is 2.38 bits per heavy atom. The van der Waals surface area contributed by atoms with Gasteiger partial charge in [-0.3, -0.25) is 0 Å². The smallest absolute Gasteiger partial charge is 0.0230 e.